The van der Waals surface area contributed by atoms with Gasteiger partial charge in [-0.25, -0.2) is 0 Å². The van der Waals surface area contributed by atoms with Crippen LogP contribution in [0.5, 0.6) is 0 Å². The molecule has 3 N–H and O–H groups in total. The minimum Gasteiger partial charge on any atom is -0.467 e. The third-order valence-corrected chi connectivity index (χ3v) is 1.52. The Bertz CT molecular complexity index is 201. The highest BCUT2D eigenvalue weighted by atomic mass is 28.4. The third-order valence-electron chi connectivity index (χ3n) is 0.988. The molecular formula is C5H8O5Si. The molecule has 0 radical (unpaired) electrons. The van der Waals surface area contributed by atoms with Crippen molar-refractivity contribution in [2.45, 2.75) is 6.61 Å². The molecule has 0 aliphatic rings. The van der Waals surface area contributed by atoms with Crippen molar-refractivity contribution in [2.75, 3.05) is 0 Å². The summed E-state index contributed by atoms with van der Waals surface area (Å²) in [7, 11) is -4.37. The van der Waals surface area contributed by atoms with E-state index in [4.69, 9.17) is 18.8 Å². The van der Waals surface area contributed by atoms with Crippen molar-refractivity contribution in [2.24, 2.45) is 0 Å². The van der Waals surface area contributed by atoms with Gasteiger partial charge in [0.25, 0.3) is 0 Å². The molecule has 1 aromatic heterocycles. The normalized spacial score (nSPS) is 11.9. The zero-order valence-electron chi connectivity index (χ0n) is 5.60. The topological polar surface area (TPSA) is 83.1 Å². The van der Waals surface area contributed by atoms with Crippen LogP contribution in [0.1, 0.15) is 5.76 Å². The van der Waals surface area contributed by atoms with E-state index in [1.807, 2.05) is 0 Å². The Balaban J connectivity index is 2.35. The van der Waals surface area contributed by atoms with Crippen molar-refractivity contribution in [1.29, 1.82) is 0 Å². The maximum Gasteiger partial charge on any atom is 0.671 e. The molecule has 5 nitrogen and oxygen atoms in total. The van der Waals surface area contributed by atoms with Crippen LogP contribution in [0.4, 0.5) is 0 Å². The first-order valence-corrected chi connectivity index (χ1v) is 4.66. The van der Waals surface area contributed by atoms with E-state index in [0.717, 1.165) is 0 Å². The number of rotatable bonds is 3. The molecule has 0 bridgehead atoms. The first kappa shape index (κ1) is 8.43. The van der Waals surface area contributed by atoms with Gasteiger partial charge in [-0.1, -0.05) is 0 Å². The van der Waals surface area contributed by atoms with Crippen molar-refractivity contribution in [3.63, 3.8) is 0 Å². The van der Waals surface area contributed by atoms with Crippen molar-refractivity contribution >= 4 is 9.05 Å². The molecule has 0 saturated carbocycles. The van der Waals surface area contributed by atoms with Crippen LogP contribution in [0.3, 0.4) is 0 Å². The molecule has 0 saturated heterocycles. The second kappa shape index (κ2) is 3.16. The molecule has 6 heteroatoms. The summed E-state index contributed by atoms with van der Waals surface area (Å²) in [5.74, 6) is 0.430. The van der Waals surface area contributed by atoms with E-state index < -0.39 is 9.05 Å². The second-order valence-electron chi connectivity index (χ2n) is 1.94. The van der Waals surface area contributed by atoms with E-state index >= 15 is 0 Å². The zero-order chi connectivity index (χ0) is 8.32. The van der Waals surface area contributed by atoms with E-state index in [1.165, 1.54) is 6.26 Å². The maximum absolute atomic E-state index is 8.40. The maximum atomic E-state index is 8.40. The van der Waals surface area contributed by atoms with Gasteiger partial charge < -0.3 is 23.2 Å². The van der Waals surface area contributed by atoms with Crippen molar-refractivity contribution in [3.05, 3.63) is 24.2 Å². The Morgan fingerprint density at radius 3 is 2.64 bits per heavy atom. The van der Waals surface area contributed by atoms with E-state index in [-0.39, 0.29) is 6.61 Å². The summed E-state index contributed by atoms with van der Waals surface area (Å²) in [6, 6.07) is 3.23. The molecule has 11 heavy (non-hydrogen) atoms. The predicted octanol–water partition coefficient (Wildman–Crippen LogP) is -0.791. The van der Waals surface area contributed by atoms with Gasteiger partial charge >= 0.3 is 9.05 Å². The predicted molar refractivity (Wildman–Crippen MR) is 35.9 cm³/mol. The lowest BCUT2D eigenvalue weighted by Crippen LogP contribution is -2.38. The minimum atomic E-state index is -4.37. The largest absolute Gasteiger partial charge is 0.671 e. The summed E-state index contributed by atoms with van der Waals surface area (Å²) in [5.41, 5.74) is 0. The zero-order valence-corrected chi connectivity index (χ0v) is 6.60. The Hall–Kier alpha value is -0.663. The summed E-state index contributed by atoms with van der Waals surface area (Å²) in [6.07, 6.45) is 1.42. The molecule has 0 spiro atoms. The van der Waals surface area contributed by atoms with Gasteiger partial charge in [-0.05, 0) is 12.1 Å². The highest BCUT2D eigenvalue weighted by molar-refractivity contribution is 6.48. The lowest BCUT2D eigenvalue weighted by Gasteiger charge is -2.07. The molecule has 0 aliphatic carbocycles. The first-order valence-electron chi connectivity index (χ1n) is 2.91. The van der Waals surface area contributed by atoms with Crippen LogP contribution in [0, 0.1) is 0 Å². The summed E-state index contributed by atoms with van der Waals surface area (Å²) in [6.45, 7) is -0.136. The quantitative estimate of drug-likeness (QED) is 0.526. The molecule has 1 rings (SSSR count). The fraction of sp³-hybridized carbons (Fsp3) is 0.200. The van der Waals surface area contributed by atoms with E-state index in [1.54, 1.807) is 12.1 Å². The van der Waals surface area contributed by atoms with Gasteiger partial charge in [-0.3, -0.25) is 0 Å². The smallest absolute Gasteiger partial charge is 0.467 e. The lowest BCUT2D eigenvalue weighted by molar-refractivity contribution is 0.0503. The molecule has 0 aromatic carbocycles. The van der Waals surface area contributed by atoms with Crippen LogP contribution < -0.4 is 0 Å². The Kier molecular flexibility index (Phi) is 2.42. The fourth-order valence-electron chi connectivity index (χ4n) is 0.563. The Morgan fingerprint density at radius 1 is 1.45 bits per heavy atom. The molecule has 1 heterocycles. The summed E-state index contributed by atoms with van der Waals surface area (Å²) in [5, 5.41) is 0. The SMILES string of the molecule is O[Si](O)(O)OCc1ccco1. The first-order chi connectivity index (χ1) is 5.08. The van der Waals surface area contributed by atoms with Crippen LogP contribution in [-0.2, 0) is 11.0 Å². The molecule has 1 aromatic rings. The van der Waals surface area contributed by atoms with Gasteiger partial charge in [0.2, 0.25) is 0 Å². The molecular weight excluding hydrogens is 168 g/mol. The highest BCUT2D eigenvalue weighted by Crippen LogP contribution is 2.03. The summed E-state index contributed by atoms with van der Waals surface area (Å²) in [4.78, 5) is 25.2. The van der Waals surface area contributed by atoms with Crippen molar-refractivity contribution < 1.29 is 23.2 Å². The highest BCUT2D eigenvalue weighted by Gasteiger charge is 2.30. The van der Waals surface area contributed by atoms with Crippen molar-refractivity contribution in [1.82, 2.24) is 0 Å². The molecule has 62 valence electrons. The van der Waals surface area contributed by atoms with E-state index in [0.29, 0.717) is 5.76 Å². The number of furan rings is 1. The van der Waals surface area contributed by atoms with Crippen LogP contribution >= 0.6 is 0 Å². The molecule has 0 atom stereocenters. The Morgan fingerprint density at radius 2 is 2.18 bits per heavy atom. The molecule has 0 aliphatic heterocycles. The monoisotopic (exact) mass is 176 g/mol. The standard InChI is InChI=1S/C5H8O5Si/c6-11(7,8)10-4-5-2-1-3-9-5/h1-3,6-8H,4H2. The average Bonchev–Trinajstić information content (AvgIpc) is 2.32. The van der Waals surface area contributed by atoms with Crippen LogP contribution in [-0.4, -0.2) is 23.4 Å². The van der Waals surface area contributed by atoms with Crippen molar-refractivity contribution in [3.8, 4) is 0 Å². The minimum absolute atomic E-state index is 0.136. The Labute approximate surface area is 64.0 Å². The van der Waals surface area contributed by atoms with E-state index in [2.05, 4.69) is 4.43 Å². The van der Waals surface area contributed by atoms with Crippen LogP contribution in [0.2, 0.25) is 0 Å². The van der Waals surface area contributed by atoms with Gasteiger partial charge in [0, 0.05) is 0 Å². The number of hydrogen-bond acceptors (Lipinski definition) is 5. The molecule has 0 amide bonds. The fourth-order valence-corrected chi connectivity index (χ4v) is 0.899. The summed E-state index contributed by atoms with van der Waals surface area (Å²) < 4.78 is 9.08. The average molecular weight is 176 g/mol. The van der Waals surface area contributed by atoms with E-state index in [9.17, 15) is 0 Å². The van der Waals surface area contributed by atoms with Gasteiger partial charge in [0.05, 0.1) is 12.9 Å². The molecule has 0 fully saturated rings. The van der Waals surface area contributed by atoms with Gasteiger partial charge in [0.1, 0.15) is 5.76 Å². The summed E-state index contributed by atoms with van der Waals surface area (Å²) >= 11 is 0. The van der Waals surface area contributed by atoms with Crippen LogP contribution in [0.25, 0.3) is 0 Å². The van der Waals surface area contributed by atoms with Gasteiger partial charge in [0.15, 0.2) is 0 Å². The van der Waals surface area contributed by atoms with Crippen LogP contribution in [0.15, 0.2) is 22.8 Å². The lowest BCUT2D eigenvalue weighted by atomic mass is 10.5. The third kappa shape index (κ3) is 3.30. The second-order valence-corrected chi connectivity index (χ2v) is 3.38. The molecule has 0 unspecified atom stereocenters. The van der Waals surface area contributed by atoms with Gasteiger partial charge in [-0.15, -0.1) is 0 Å². The number of hydrogen-bond donors (Lipinski definition) is 3. The van der Waals surface area contributed by atoms with Gasteiger partial charge in [-0.2, -0.15) is 0 Å².